The van der Waals surface area contributed by atoms with Crippen molar-refractivity contribution >= 4 is 40.1 Å². The fraction of sp³-hybridized carbons (Fsp3) is 0.0526. The molecule has 2 aromatic heterocycles. The van der Waals surface area contributed by atoms with Crippen LogP contribution in [0.15, 0.2) is 53.4 Å². The van der Waals surface area contributed by atoms with Gasteiger partial charge in [-0.05, 0) is 23.8 Å². The zero-order valence-electron chi connectivity index (χ0n) is 13.5. The number of hydrogen-bond acceptors (Lipinski definition) is 5. The molecule has 0 bridgehead atoms. The first-order valence-electron chi connectivity index (χ1n) is 8.05. The Kier molecular flexibility index (Phi) is 3.23. The van der Waals surface area contributed by atoms with E-state index in [1.54, 1.807) is 17.6 Å². The third-order valence-electron chi connectivity index (χ3n) is 4.44. The van der Waals surface area contributed by atoms with E-state index in [1.165, 1.54) is 11.3 Å². The van der Waals surface area contributed by atoms with Crippen LogP contribution in [-0.2, 0) is 6.42 Å². The third-order valence-corrected chi connectivity index (χ3v) is 5.08. The van der Waals surface area contributed by atoms with Crippen LogP contribution in [0.2, 0.25) is 0 Å². The summed E-state index contributed by atoms with van der Waals surface area (Å²) in [5.74, 6) is -0.462. The van der Waals surface area contributed by atoms with E-state index in [1.807, 2.05) is 35.7 Å². The highest BCUT2D eigenvalue weighted by molar-refractivity contribution is 7.07. The minimum Gasteiger partial charge on any atom is -0.323 e. The zero-order valence-corrected chi connectivity index (χ0v) is 14.3. The molecule has 0 aliphatic carbocycles. The monoisotopic (exact) mass is 360 g/mol. The van der Waals surface area contributed by atoms with Gasteiger partial charge in [0.25, 0.3) is 11.8 Å². The molecule has 0 unspecified atom stereocenters. The van der Waals surface area contributed by atoms with E-state index in [2.05, 4.69) is 15.0 Å². The van der Waals surface area contributed by atoms with Crippen molar-refractivity contribution in [2.45, 2.75) is 6.42 Å². The molecule has 1 aliphatic rings. The van der Waals surface area contributed by atoms with Gasteiger partial charge in [0.05, 0.1) is 33.4 Å². The summed E-state index contributed by atoms with van der Waals surface area (Å²) in [6.45, 7) is 0. The maximum Gasteiger partial charge on any atom is 0.268 e. The normalized spacial score (nSPS) is 13.6. The van der Waals surface area contributed by atoms with E-state index in [9.17, 15) is 9.59 Å². The van der Waals surface area contributed by atoms with E-state index in [4.69, 9.17) is 0 Å². The number of amides is 2. The predicted molar refractivity (Wildman–Crippen MR) is 98.6 cm³/mol. The lowest BCUT2D eigenvalue weighted by atomic mass is 9.99. The van der Waals surface area contributed by atoms with Gasteiger partial charge in [0.15, 0.2) is 0 Å². The lowest BCUT2D eigenvalue weighted by Crippen LogP contribution is -2.30. The van der Waals surface area contributed by atoms with Crippen molar-refractivity contribution in [1.82, 2.24) is 15.0 Å². The smallest absolute Gasteiger partial charge is 0.268 e. The van der Waals surface area contributed by atoms with Gasteiger partial charge < -0.3 is 4.98 Å². The number of nitrogens with one attached hydrogen (secondary N) is 1. The number of benzene rings is 2. The number of anilines is 1. The average Bonchev–Trinajstić information content (AvgIpc) is 3.35. The van der Waals surface area contributed by atoms with E-state index < -0.39 is 0 Å². The highest BCUT2D eigenvalue weighted by Gasteiger charge is 2.39. The van der Waals surface area contributed by atoms with Crippen LogP contribution in [0.5, 0.6) is 0 Å². The molecule has 7 heteroatoms. The minimum absolute atomic E-state index is 0.247. The fourth-order valence-corrected chi connectivity index (χ4v) is 3.82. The maximum atomic E-state index is 13.1. The molecule has 0 saturated heterocycles. The van der Waals surface area contributed by atoms with E-state index >= 15 is 0 Å². The maximum absolute atomic E-state index is 13.1. The summed E-state index contributed by atoms with van der Waals surface area (Å²) in [5.41, 5.74) is 5.76. The van der Waals surface area contributed by atoms with Crippen LogP contribution in [-0.4, -0.2) is 26.8 Å². The number of imidazole rings is 1. The highest BCUT2D eigenvalue weighted by atomic mass is 32.1. The number of nitrogens with zero attached hydrogens (tertiary/aromatic N) is 3. The lowest BCUT2D eigenvalue weighted by molar-refractivity contribution is 0.0924. The van der Waals surface area contributed by atoms with Gasteiger partial charge in [0.2, 0.25) is 5.95 Å². The van der Waals surface area contributed by atoms with Crippen molar-refractivity contribution in [3.63, 3.8) is 0 Å². The van der Waals surface area contributed by atoms with Crippen LogP contribution in [0.25, 0.3) is 11.0 Å². The molecule has 0 fully saturated rings. The van der Waals surface area contributed by atoms with Crippen molar-refractivity contribution in [3.8, 4) is 0 Å². The van der Waals surface area contributed by atoms with Crippen molar-refractivity contribution in [2.24, 2.45) is 0 Å². The Morgan fingerprint density at radius 3 is 2.73 bits per heavy atom. The Labute approximate surface area is 152 Å². The standard InChI is InChI=1S/C19H12N4O2S/c24-17-13-5-3-4-11(8-12-9-26-10-20-12)16(13)18(25)23(17)19-21-14-6-1-2-7-15(14)22-19/h1-7,9-10H,8H2,(H,21,22). The molecule has 0 spiro atoms. The van der Waals surface area contributed by atoms with Crippen LogP contribution >= 0.6 is 11.3 Å². The van der Waals surface area contributed by atoms with Gasteiger partial charge in [0, 0.05) is 11.8 Å². The summed E-state index contributed by atoms with van der Waals surface area (Å²) in [6.07, 6.45) is 0.514. The average molecular weight is 360 g/mol. The molecule has 2 aromatic carbocycles. The number of aromatic amines is 1. The van der Waals surface area contributed by atoms with Gasteiger partial charge in [0.1, 0.15) is 0 Å². The Morgan fingerprint density at radius 2 is 1.92 bits per heavy atom. The third kappa shape index (κ3) is 2.18. The molecule has 26 heavy (non-hydrogen) atoms. The number of thiazole rings is 1. The molecule has 6 nitrogen and oxygen atoms in total. The lowest BCUT2D eigenvalue weighted by Gasteiger charge is -2.09. The molecule has 0 radical (unpaired) electrons. The zero-order chi connectivity index (χ0) is 17.7. The molecule has 0 atom stereocenters. The summed E-state index contributed by atoms with van der Waals surface area (Å²) >= 11 is 1.50. The summed E-state index contributed by atoms with van der Waals surface area (Å²) in [5, 5.41) is 1.94. The van der Waals surface area contributed by atoms with Gasteiger partial charge in [-0.25, -0.2) is 14.9 Å². The number of carbonyl (C=O) groups excluding carboxylic acids is 2. The van der Waals surface area contributed by atoms with E-state index in [0.717, 1.165) is 21.7 Å². The van der Waals surface area contributed by atoms with Crippen LogP contribution in [0.3, 0.4) is 0 Å². The number of rotatable bonds is 3. The Bertz CT molecular complexity index is 1130. The molecular formula is C19H12N4O2S. The first-order chi connectivity index (χ1) is 12.7. The summed E-state index contributed by atoms with van der Waals surface area (Å²) in [7, 11) is 0. The second-order valence-electron chi connectivity index (χ2n) is 6.02. The summed E-state index contributed by atoms with van der Waals surface area (Å²) in [6, 6.07) is 12.8. The molecule has 2 amide bonds. The van der Waals surface area contributed by atoms with Crippen LogP contribution in [0.1, 0.15) is 32.0 Å². The number of aromatic nitrogens is 3. The molecule has 126 valence electrons. The Morgan fingerprint density at radius 1 is 1.04 bits per heavy atom. The fourth-order valence-electron chi connectivity index (χ4n) is 3.26. The van der Waals surface area contributed by atoms with Crippen LogP contribution in [0, 0.1) is 0 Å². The van der Waals surface area contributed by atoms with Crippen molar-refractivity contribution in [3.05, 3.63) is 75.7 Å². The summed E-state index contributed by atoms with van der Waals surface area (Å²) < 4.78 is 0. The molecule has 0 saturated carbocycles. The number of hydrogen-bond donors (Lipinski definition) is 1. The Hall–Kier alpha value is -3.32. The summed E-state index contributed by atoms with van der Waals surface area (Å²) in [4.78, 5) is 38.8. The second-order valence-corrected chi connectivity index (χ2v) is 6.74. The largest absolute Gasteiger partial charge is 0.323 e. The molecule has 4 aromatic rings. The molecular weight excluding hydrogens is 348 g/mol. The Balaban J connectivity index is 1.60. The first-order valence-corrected chi connectivity index (χ1v) is 8.99. The quantitative estimate of drug-likeness (QED) is 0.568. The van der Waals surface area contributed by atoms with Crippen molar-refractivity contribution in [2.75, 3.05) is 4.90 Å². The van der Waals surface area contributed by atoms with Gasteiger partial charge >= 0.3 is 0 Å². The molecule has 5 rings (SSSR count). The van der Waals surface area contributed by atoms with E-state index in [0.29, 0.717) is 23.1 Å². The van der Waals surface area contributed by atoms with Gasteiger partial charge in [-0.2, -0.15) is 0 Å². The highest BCUT2D eigenvalue weighted by Crippen LogP contribution is 2.31. The second kappa shape index (κ2) is 5.60. The SMILES string of the molecule is O=C1c2cccc(Cc3cscn3)c2C(=O)N1c1nc2ccccc2[nH]1. The number of carbonyl (C=O) groups is 2. The van der Waals surface area contributed by atoms with E-state index in [-0.39, 0.29) is 17.8 Å². The molecule has 1 N–H and O–H groups in total. The number of imide groups is 1. The molecule has 3 heterocycles. The number of H-pyrrole nitrogens is 1. The predicted octanol–water partition coefficient (Wildman–Crippen LogP) is 3.41. The van der Waals surface area contributed by atoms with Gasteiger partial charge in [-0.15, -0.1) is 11.3 Å². The minimum atomic E-state index is -0.357. The van der Waals surface area contributed by atoms with Gasteiger partial charge in [-0.1, -0.05) is 24.3 Å². The number of fused-ring (bicyclic) bond motifs is 2. The van der Waals surface area contributed by atoms with Gasteiger partial charge in [-0.3, -0.25) is 9.59 Å². The van der Waals surface area contributed by atoms with Crippen LogP contribution in [0.4, 0.5) is 5.95 Å². The van der Waals surface area contributed by atoms with Crippen molar-refractivity contribution < 1.29 is 9.59 Å². The number of para-hydroxylation sites is 2. The van der Waals surface area contributed by atoms with Crippen molar-refractivity contribution in [1.29, 1.82) is 0 Å². The first kappa shape index (κ1) is 15.0. The van der Waals surface area contributed by atoms with Crippen LogP contribution < -0.4 is 4.90 Å². The molecule has 1 aliphatic heterocycles. The topological polar surface area (TPSA) is 79.0 Å².